The van der Waals surface area contributed by atoms with E-state index >= 15 is 0 Å². The van der Waals surface area contributed by atoms with Crippen LogP contribution in [0.3, 0.4) is 0 Å². The van der Waals surface area contributed by atoms with Crippen LogP contribution in [0.25, 0.3) is 0 Å². The number of carbonyl (C=O) groups is 1. The summed E-state index contributed by atoms with van der Waals surface area (Å²) in [6.45, 7) is -1.03. The lowest BCUT2D eigenvalue weighted by Crippen LogP contribution is -2.15. The molecule has 0 atom stereocenters. The minimum absolute atomic E-state index is 0.0818. The van der Waals surface area contributed by atoms with Gasteiger partial charge < -0.3 is 10.5 Å². The van der Waals surface area contributed by atoms with Gasteiger partial charge in [0.25, 0.3) is 0 Å². The number of rotatable bonds is 4. The van der Waals surface area contributed by atoms with E-state index < -0.39 is 12.6 Å². The first-order valence-electron chi connectivity index (χ1n) is 3.59. The Morgan fingerprint density at radius 3 is 3.08 bits per heavy atom. The Morgan fingerprint density at radius 1 is 1.77 bits per heavy atom. The van der Waals surface area contributed by atoms with E-state index in [9.17, 15) is 9.18 Å². The van der Waals surface area contributed by atoms with E-state index in [4.69, 9.17) is 5.73 Å². The SMILES string of the molecule is Nc1ncn(CC(=O)OCCF)n1. The summed E-state index contributed by atoms with van der Waals surface area (Å²) in [6, 6.07) is 0. The molecule has 0 saturated carbocycles. The van der Waals surface area contributed by atoms with Gasteiger partial charge in [0.2, 0.25) is 5.95 Å². The second kappa shape index (κ2) is 4.39. The number of hydrogen-bond acceptors (Lipinski definition) is 5. The number of nitrogens with zero attached hydrogens (tertiary/aromatic N) is 3. The van der Waals surface area contributed by atoms with E-state index in [0.717, 1.165) is 0 Å². The highest BCUT2D eigenvalue weighted by Gasteiger charge is 2.04. The van der Waals surface area contributed by atoms with E-state index in [1.807, 2.05) is 0 Å². The standard InChI is InChI=1S/C6H9FN4O2/c7-1-2-13-5(12)3-11-4-9-6(8)10-11/h4H,1-3H2,(H2,8,10). The zero-order chi connectivity index (χ0) is 9.68. The van der Waals surface area contributed by atoms with Crippen LogP contribution in [0.4, 0.5) is 10.3 Å². The van der Waals surface area contributed by atoms with Crippen LogP contribution in [0, 0.1) is 0 Å². The summed E-state index contributed by atoms with van der Waals surface area (Å²) in [7, 11) is 0. The highest BCUT2D eigenvalue weighted by atomic mass is 19.1. The monoisotopic (exact) mass is 188 g/mol. The van der Waals surface area contributed by atoms with E-state index in [1.165, 1.54) is 11.0 Å². The average molecular weight is 188 g/mol. The lowest BCUT2D eigenvalue weighted by atomic mass is 10.6. The third kappa shape index (κ3) is 3.06. The smallest absolute Gasteiger partial charge is 0.327 e. The van der Waals surface area contributed by atoms with E-state index in [1.54, 1.807) is 0 Å². The highest BCUT2D eigenvalue weighted by molar-refractivity contribution is 5.68. The lowest BCUT2D eigenvalue weighted by molar-refractivity contribution is -0.144. The second-order valence-corrected chi connectivity index (χ2v) is 2.21. The lowest BCUT2D eigenvalue weighted by Gasteiger charge is -2.00. The van der Waals surface area contributed by atoms with Crippen LogP contribution < -0.4 is 5.73 Å². The fourth-order valence-electron chi connectivity index (χ4n) is 0.716. The van der Waals surface area contributed by atoms with Crippen molar-refractivity contribution in [3.8, 4) is 0 Å². The molecule has 0 unspecified atom stereocenters. The average Bonchev–Trinajstić information content (AvgIpc) is 2.48. The number of hydrogen-bond donors (Lipinski definition) is 1. The molecule has 1 aromatic heterocycles. The summed E-state index contributed by atoms with van der Waals surface area (Å²) in [6.07, 6.45) is 1.30. The van der Waals surface area contributed by atoms with Crippen molar-refractivity contribution >= 4 is 11.9 Å². The summed E-state index contributed by atoms with van der Waals surface area (Å²) in [5, 5.41) is 3.65. The molecule has 0 amide bonds. The highest BCUT2D eigenvalue weighted by Crippen LogP contribution is 1.90. The Labute approximate surface area is 73.5 Å². The van der Waals surface area contributed by atoms with Crippen LogP contribution in [0.1, 0.15) is 0 Å². The summed E-state index contributed by atoms with van der Waals surface area (Å²) in [4.78, 5) is 14.5. The zero-order valence-corrected chi connectivity index (χ0v) is 6.81. The molecular formula is C6H9FN4O2. The van der Waals surface area contributed by atoms with Gasteiger partial charge in [-0.05, 0) is 0 Å². The molecule has 1 aromatic rings. The quantitative estimate of drug-likeness (QED) is 0.636. The number of esters is 1. The number of nitrogens with two attached hydrogens (primary N) is 1. The third-order valence-electron chi connectivity index (χ3n) is 1.19. The van der Waals surface area contributed by atoms with Crippen molar-refractivity contribution in [1.82, 2.24) is 14.8 Å². The van der Waals surface area contributed by atoms with Gasteiger partial charge in [-0.2, -0.15) is 0 Å². The summed E-state index contributed by atoms with van der Waals surface area (Å²) >= 11 is 0. The number of ether oxygens (including phenoxy) is 1. The molecule has 72 valence electrons. The number of carbonyl (C=O) groups excluding carboxylic acids is 1. The fraction of sp³-hybridized carbons (Fsp3) is 0.500. The van der Waals surface area contributed by atoms with Gasteiger partial charge in [0, 0.05) is 0 Å². The molecule has 7 heteroatoms. The van der Waals surface area contributed by atoms with Crippen LogP contribution in [0.5, 0.6) is 0 Å². The maximum absolute atomic E-state index is 11.6. The van der Waals surface area contributed by atoms with Crippen molar-refractivity contribution in [2.24, 2.45) is 0 Å². The maximum Gasteiger partial charge on any atom is 0.327 e. The van der Waals surface area contributed by atoms with Crippen LogP contribution in [0.2, 0.25) is 0 Å². The Morgan fingerprint density at radius 2 is 2.54 bits per heavy atom. The van der Waals surface area contributed by atoms with Crippen LogP contribution in [-0.4, -0.2) is 34.0 Å². The molecule has 6 nitrogen and oxygen atoms in total. The van der Waals surface area contributed by atoms with Crippen LogP contribution >= 0.6 is 0 Å². The molecule has 0 aliphatic carbocycles. The van der Waals surface area contributed by atoms with Crippen molar-refractivity contribution in [3.63, 3.8) is 0 Å². The number of nitrogen functional groups attached to an aromatic ring is 1. The van der Waals surface area contributed by atoms with Crippen molar-refractivity contribution < 1.29 is 13.9 Å². The molecule has 2 N–H and O–H groups in total. The minimum atomic E-state index is -0.689. The summed E-state index contributed by atoms with van der Waals surface area (Å²) in [5.74, 6) is -0.485. The molecule has 13 heavy (non-hydrogen) atoms. The predicted octanol–water partition coefficient (Wildman–Crippen LogP) is -0.627. The van der Waals surface area contributed by atoms with Crippen LogP contribution in [0.15, 0.2) is 6.33 Å². The van der Waals surface area contributed by atoms with Gasteiger partial charge in [-0.25, -0.2) is 14.1 Å². The van der Waals surface area contributed by atoms with Gasteiger partial charge in [0.15, 0.2) is 0 Å². The Hall–Kier alpha value is -1.66. The van der Waals surface area contributed by atoms with E-state index in [-0.39, 0.29) is 19.1 Å². The van der Waals surface area contributed by atoms with Gasteiger partial charge >= 0.3 is 5.97 Å². The molecule has 0 radical (unpaired) electrons. The number of anilines is 1. The molecule has 0 bridgehead atoms. The van der Waals surface area contributed by atoms with E-state index in [0.29, 0.717) is 0 Å². The maximum atomic E-state index is 11.6. The first kappa shape index (κ1) is 9.43. The third-order valence-corrected chi connectivity index (χ3v) is 1.19. The van der Waals surface area contributed by atoms with Gasteiger partial charge in [-0.3, -0.25) is 4.79 Å². The number of alkyl halides is 1. The summed E-state index contributed by atoms with van der Waals surface area (Å²) in [5.41, 5.74) is 5.20. The zero-order valence-electron chi connectivity index (χ0n) is 6.81. The Kier molecular flexibility index (Phi) is 3.18. The molecule has 0 saturated heterocycles. The molecule has 0 fully saturated rings. The van der Waals surface area contributed by atoms with Gasteiger partial charge in [-0.15, -0.1) is 5.10 Å². The van der Waals surface area contributed by atoms with Gasteiger partial charge in [0.1, 0.15) is 26.2 Å². The largest absolute Gasteiger partial charge is 0.462 e. The molecule has 0 aliphatic rings. The minimum Gasteiger partial charge on any atom is -0.462 e. The molecule has 0 aliphatic heterocycles. The van der Waals surface area contributed by atoms with Gasteiger partial charge in [0.05, 0.1) is 0 Å². The molecular weight excluding hydrogens is 179 g/mol. The first-order valence-corrected chi connectivity index (χ1v) is 3.59. The summed E-state index contributed by atoms with van der Waals surface area (Å²) < 4.78 is 17.2. The molecule has 1 heterocycles. The van der Waals surface area contributed by atoms with Crippen molar-refractivity contribution in [2.45, 2.75) is 6.54 Å². The van der Waals surface area contributed by atoms with Crippen molar-refractivity contribution in [3.05, 3.63) is 6.33 Å². The first-order chi connectivity index (χ1) is 6.22. The molecule has 1 rings (SSSR count). The van der Waals surface area contributed by atoms with Crippen LogP contribution in [-0.2, 0) is 16.1 Å². The van der Waals surface area contributed by atoms with Crippen molar-refractivity contribution in [2.75, 3.05) is 19.0 Å². The normalized spacial score (nSPS) is 9.92. The van der Waals surface area contributed by atoms with Gasteiger partial charge in [-0.1, -0.05) is 0 Å². The number of aromatic nitrogens is 3. The number of halogens is 1. The molecule has 0 spiro atoms. The Balaban J connectivity index is 2.36. The second-order valence-electron chi connectivity index (χ2n) is 2.21. The molecule has 0 aromatic carbocycles. The topological polar surface area (TPSA) is 83.0 Å². The van der Waals surface area contributed by atoms with Crippen molar-refractivity contribution in [1.29, 1.82) is 0 Å². The Bertz CT molecular complexity index is 288. The fourth-order valence-corrected chi connectivity index (χ4v) is 0.716. The predicted molar refractivity (Wildman–Crippen MR) is 41.4 cm³/mol. The van der Waals surface area contributed by atoms with E-state index in [2.05, 4.69) is 14.8 Å².